The fourth-order valence-electron chi connectivity index (χ4n) is 3.06. The van der Waals surface area contributed by atoms with E-state index >= 15 is 0 Å². The minimum atomic E-state index is -0.388. The maximum Gasteiger partial charge on any atom is 0.258 e. The summed E-state index contributed by atoms with van der Waals surface area (Å²) in [6, 6.07) is 0.431. The third-order valence-corrected chi connectivity index (χ3v) is 5.39. The molecule has 0 saturated carbocycles. The van der Waals surface area contributed by atoms with Crippen molar-refractivity contribution < 1.29 is 19.9 Å². The molecule has 0 aromatic rings. The molecule has 3 aliphatic rings. The average Bonchev–Trinajstić information content (AvgIpc) is 2.90. The maximum absolute atomic E-state index is 10.3. The lowest BCUT2D eigenvalue weighted by Crippen LogP contribution is -2.86. The fraction of sp³-hybridized carbons (Fsp3) is 0.929. The Balaban J connectivity index is 1.47. The number of quaternary nitrogens is 1. The van der Waals surface area contributed by atoms with Crippen LogP contribution in [0.3, 0.4) is 0 Å². The molecule has 0 radical (unpaired) electrons. The quantitative estimate of drug-likeness (QED) is 0.638. The Kier molecular flexibility index (Phi) is 5.53. The summed E-state index contributed by atoms with van der Waals surface area (Å²) in [6.07, 6.45) is 2.48. The van der Waals surface area contributed by atoms with Crippen molar-refractivity contribution in [1.29, 1.82) is 0 Å². The second-order valence-corrected chi connectivity index (χ2v) is 7.03. The summed E-state index contributed by atoms with van der Waals surface area (Å²) in [5.41, 5.74) is -0.0203. The first-order valence-electron chi connectivity index (χ1n) is 7.98. The molecule has 4 N–H and O–H groups in total. The van der Waals surface area contributed by atoms with Gasteiger partial charge in [0, 0.05) is 32.2 Å². The lowest BCUT2D eigenvalue weighted by atomic mass is 10.0. The van der Waals surface area contributed by atoms with Crippen LogP contribution in [-0.4, -0.2) is 66.3 Å². The molecule has 0 unspecified atom stereocenters. The number of aliphatic hydroxyl groups excluding tert-OH is 1. The number of rotatable bonds is 4. The minimum Gasteiger partial charge on any atom is -0.391 e. The van der Waals surface area contributed by atoms with Crippen molar-refractivity contribution in [3.05, 3.63) is 0 Å². The van der Waals surface area contributed by atoms with Gasteiger partial charge in [-0.2, -0.15) is 0 Å². The third kappa shape index (κ3) is 3.97. The highest BCUT2D eigenvalue weighted by molar-refractivity contribution is 8.14. The number of aliphatic imine (C=N–C) groups is 1. The standard InChI is InChI=1S/C14H25N3O3S/c1-2-15-14-17-12-11(18)7-10(20-13(12)21-14)8-16-9-3-5-19-6-4-9/h9-13,16,18H,2-8H2,1H3,(H,15,17)/p+1/t10-,11-,12+,13+/m0/s1. The van der Waals surface area contributed by atoms with Gasteiger partial charge in [-0.1, -0.05) is 0 Å². The van der Waals surface area contributed by atoms with E-state index < -0.39 is 0 Å². The molecule has 21 heavy (non-hydrogen) atoms. The Labute approximate surface area is 130 Å². The van der Waals surface area contributed by atoms with Gasteiger partial charge in [0.15, 0.2) is 0 Å². The van der Waals surface area contributed by atoms with Gasteiger partial charge in [0.1, 0.15) is 11.5 Å². The number of thioether (sulfide) groups is 1. The maximum atomic E-state index is 10.3. The first-order chi connectivity index (χ1) is 10.3. The van der Waals surface area contributed by atoms with Gasteiger partial charge in [-0.25, -0.2) is 4.99 Å². The molecule has 0 bridgehead atoms. The number of hydrogen-bond acceptors (Lipinski definition) is 6. The Bertz CT molecular complexity index is 376. The highest BCUT2D eigenvalue weighted by Crippen LogP contribution is 2.34. The molecule has 4 atom stereocenters. The van der Waals surface area contributed by atoms with Gasteiger partial charge in [0.2, 0.25) is 0 Å². The normalized spacial score (nSPS) is 37.3. The molecule has 3 heterocycles. The molecular formula is C14H26N3O3S+. The molecule has 2 fully saturated rings. The van der Waals surface area contributed by atoms with Gasteiger partial charge in [-0.15, -0.1) is 0 Å². The molecule has 0 aromatic heterocycles. The second-order valence-electron chi connectivity index (χ2n) is 5.91. The second kappa shape index (κ2) is 7.39. The van der Waals surface area contributed by atoms with Crippen LogP contribution >= 0.6 is 11.8 Å². The summed E-state index contributed by atoms with van der Waals surface area (Å²) >= 11 is 1.65. The first kappa shape index (κ1) is 15.7. The van der Waals surface area contributed by atoms with Gasteiger partial charge in [-0.05, 0) is 31.5 Å². The van der Waals surface area contributed by atoms with Crippen molar-refractivity contribution in [2.24, 2.45) is 4.99 Å². The molecule has 3 rings (SSSR count). The van der Waals surface area contributed by atoms with E-state index in [9.17, 15) is 5.11 Å². The summed E-state index contributed by atoms with van der Waals surface area (Å²) < 4.78 is 11.5. The largest absolute Gasteiger partial charge is 0.391 e. The van der Waals surface area contributed by atoms with E-state index in [1.165, 1.54) is 0 Å². The van der Waals surface area contributed by atoms with E-state index in [4.69, 9.17) is 9.47 Å². The van der Waals surface area contributed by atoms with Gasteiger partial charge in [0.25, 0.3) is 5.17 Å². The number of aliphatic hydroxyl groups is 1. The zero-order valence-corrected chi connectivity index (χ0v) is 13.3. The number of ether oxygens (including phenoxy) is 2. The summed E-state index contributed by atoms with van der Waals surface area (Å²) in [4.78, 5) is 4.58. The summed E-state index contributed by atoms with van der Waals surface area (Å²) in [5.74, 6) is 0. The number of hydrogen-bond donors (Lipinski definition) is 3. The monoisotopic (exact) mass is 316 g/mol. The van der Waals surface area contributed by atoms with Crippen LogP contribution in [0.25, 0.3) is 0 Å². The van der Waals surface area contributed by atoms with E-state index in [2.05, 4.69) is 22.5 Å². The first-order valence-corrected chi connectivity index (χ1v) is 8.86. The van der Waals surface area contributed by atoms with E-state index in [0.29, 0.717) is 12.5 Å². The van der Waals surface area contributed by atoms with Crippen molar-refractivity contribution in [3.63, 3.8) is 0 Å². The minimum absolute atomic E-state index is 0.0203. The molecule has 3 aliphatic heterocycles. The average molecular weight is 316 g/mol. The zero-order valence-electron chi connectivity index (χ0n) is 12.5. The van der Waals surface area contributed by atoms with Gasteiger partial charge >= 0.3 is 0 Å². The van der Waals surface area contributed by atoms with Crippen LogP contribution in [0.1, 0.15) is 26.2 Å². The van der Waals surface area contributed by atoms with E-state index in [1.807, 2.05) is 0 Å². The molecule has 120 valence electrons. The number of amidine groups is 1. The third-order valence-electron chi connectivity index (χ3n) is 4.25. The van der Waals surface area contributed by atoms with Crippen LogP contribution in [0, 0.1) is 0 Å². The zero-order chi connectivity index (χ0) is 14.7. The molecule has 0 spiro atoms. The molecule has 7 heteroatoms. The molecule has 6 nitrogen and oxygen atoms in total. The van der Waals surface area contributed by atoms with Gasteiger partial charge in [0.05, 0.1) is 18.8 Å². The lowest BCUT2D eigenvalue weighted by molar-refractivity contribution is -0.530. The van der Waals surface area contributed by atoms with Crippen LogP contribution < -0.4 is 10.6 Å². The number of nitrogens with two attached hydrogens (primary N) is 1. The predicted octanol–water partition coefficient (Wildman–Crippen LogP) is -0.714. The van der Waals surface area contributed by atoms with Gasteiger partial charge < -0.3 is 19.9 Å². The molecule has 0 aromatic carbocycles. The Morgan fingerprint density at radius 1 is 1.43 bits per heavy atom. The van der Waals surface area contributed by atoms with Crippen molar-refractivity contribution in [2.45, 2.75) is 55.9 Å². The molecule has 0 amide bonds. The van der Waals surface area contributed by atoms with Crippen LogP contribution in [-0.2, 0) is 9.47 Å². The summed E-state index contributed by atoms with van der Waals surface area (Å²) in [6.45, 7) is 5.56. The van der Waals surface area contributed by atoms with Crippen LogP contribution in [0.15, 0.2) is 4.99 Å². The Hall–Kier alpha value is -0.180. The summed E-state index contributed by atoms with van der Waals surface area (Å²) in [7, 11) is 0. The Morgan fingerprint density at radius 3 is 3.00 bits per heavy atom. The van der Waals surface area contributed by atoms with Crippen LogP contribution in [0.2, 0.25) is 0 Å². The highest BCUT2D eigenvalue weighted by Gasteiger charge is 2.44. The Morgan fingerprint density at radius 2 is 2.24 bits per heavy atom. The van der Waals surface area contributed by atoms with Crippen molar-refractivity contribution >= 4 is 16.9 Å². The van der Waals surface area contributed by atoms with Crippen molar-refractivity contribution in [2.75, 3.05) is 26.3 Å². The number of nitrogens with one attached hydrogen (secondary N) is 1. The van der Waals surface area contributed by atoms with E-state index in [-0.39, 0.29) is 23.7 Å². The van der Waals surface area contributed by atoms with Crippen LogP contribution in [0.5, 0.6) is 0 Å². The van der Waals surface area contributed by atoms with Crippen molar-refractivity contribution in [3.8, 4) is 0 Å². The molecule has 2 saturated heterocycles. The lowest BCUT2D eigenvalue weighted by Gasteiger charge is -2.35. The number of nitrogens with zero attached hydrogens (tertiary/aromatic N) is 1. The van der Waals surface area contributed by atoms with Crippen molar-refractivity contribution in [1.82, 2.24) is 5.32 Å². The predicted molar refractivity (Wildman–Crippen MR) is 82.4 cm³/mol. The fourth-order valence-corrected chi connectivity index (χ4v) is 4.34. The smallest absolute Gasteiger partial charge is 0.258 e. The SMILES string of the molecule is CC[NH2+]C1=N[C@H]2[C@H](O[C@H](CNC3CCOCC3)C[C@@H]2O)S1. The topological polar surface area (TPSA) is 79.7 Å². The molecule has 0 aliphatic carbocycles. The van der Waals surface area contributed by atoms with E-state index in [1.54, 1.807) is 11.8 Å². The molecular weight excluding hydrogens is 290 g/mol. The van der Waals surface area contributed by atoms with Crippen LogP contribution in [0.4, 0.5) is 0 Å². The van der Waals surface area contributed by atoms with Gasteiger partial charge in [-0.3, -0.25) is 5.32 Å². The highest BCUT2D eigenvalue weighted by atomic mass is 32.2. The number of fused-ring (bicyclic) bond motifs is 1. The van der Waals surface area contributed by atoms with E-state index in [0.717, 1.165) is 44.3 Å². The summed E-state index contributed by atoms with van der Waals surface area (Å²) in [5, 5.41) is 17.0.